The minimum Gasteiger partial charge on any atom is -0.393 e. The average molecular weight is 365 g/mol. The summed E-state index contributed by atoms with van der Waals surface area (Å²) in [6.45, 7) is 0.570. The van der Waals surface area contributed by atoms with Gasteiger partial charge in [0.1, 0.15) is 0 Å². The Hall–Kier alpha value is -1.31. The van der Waals surface area contributed by atoms with E-state index < -0.39 is 17.6 Å². The van der Waals surface area contributed by atoms with E-state index in [1.54, 1.807) is 11.9 Å². The van der Waals surface area contributed by atoms with Crippen molar-refractivity contribution in [2.24, 2.45) is 5.92 Å². The van der Waals surface area contributed by atoms with Gasteiger partial charge in [-0.3, -0.25) is 9.69 Å². The Morgan fingerprint density at radius 2 is 2.12 bits per heavy atom. The summed E-state index contributed by atoms with van der Waals surface area (Å²) in [5.41, 5.74) is -0.935. The molecule has 1 fully saturated rings. The second-order valence-electron chi connectivity index (χ2n) is 6.20. The van der Waals surface area contributed by atoms with Gasteiger partial charge in [-0.1, -0.05) is 18.0 Å². The predicted molar refractivity (Wildman–Crippen MR) is 85.9 cm³/mol. The molecule has 0 aromatic heterocycles. The van der Waals surface area contributed by atoms with E-state index in [2.05, 4.69) is 5.32 Å². The standard InChI is InChI=1S/C16H20ClF3N2O2/c1-22(8-10-3-2-4-14(10)23)9-15(24)21-13-7-11(16(18,19)20)5-6-12(13)17/h5-7,10,14,23H,2-4,8-9H2,1H3,(H,21,24). The first kappa shape index (κ1) is 19.0. The van der Waals surface area contributed by atoms with Gasteiger partial charge in [0.15, 0.2) is 0 Å². The first-order chi connectivity index (χ1) is 11.2. The van der Waals surface area contributed by atoms with Crippen LogP contribution in [0.15, 0.2) is 18.2 Å². The van der Waals surface area contributed by atoms with E-state index in [1.165, 1.54) is 0 Å². The van der Waals surface area contributed by atoms with Crippen molar-refractivity contribution in [2.75, 3.05) is 25.5 Å². The zero-order valence-corrected chi connectivity index (χ0v) is 14.0. The summed E-state index contributed by atoms with van der Waals surface area (Å²) in [6, 6.07) is 2.80. The molecule has 1 aliphatic carbocycles. The molecule has 4 nitrogen and oxygen atoms in total. The average Bonchev–Trinajstić information content (AvgIpc) is 2.85. The molecule has 1 aromatic carbocycles. The van der Waals surface area contributed by atoms with Gasteiger partial charge in [0.2, 0.25) is 5.91 Å². The van der Waals surface area contributed by atoms with E-state index in [0.29, 0.717) is 6.54 Å². The van der Waals surface area contributed by atoms with Gasteiger partial charge < -0.3 is 10.4 Å². The van der Waals surface area contributed by atoms with E-state index >= 15 is 0 Å². The fourth-order valence-electron chi connectivity index (χ4n) is 2.93. The second kappa shape index (κ2) is 7.72. The fourth-order valence-corrected chi connectivity index (χ4v) is 3.09. The summed E-state index contributed by atoms with van der Waals surface area (Å²) in [7, 11) is 1.73. The van der Waals surface area contributed by atoms with E-state index in [4.69, 9.17) is 11.6 Å². The lowest BCUT2D eigenvalue weighted by atomic mass is 10.1. The number of anilines is 1. The van der Waals surface area contributed by atoms with Crippen LogP contribution in [0.2, 0.25) is 5.02 Å². The number of likely N-dealkylation sites (N-methyl/N-ethyl adjacent to an activating group) is 1. The third kappa shape index (κ3) is 5.09. The number of hydrogen-bond acceptors (Lipinski definition) is 3. The van der Waals surface area contributed by atoms with Crippen molar-refractivity contribution in [1.82, 2.24) is 4.90 Å². The maximum Gasteiger partial charge on any atom is 0.416 e. The number of nitrogens with zero attached hydrogens (tertiary/aromatic N) is 1. The SMILES string of the molecule is CN(CC(=O)Nc1cc(C(F)(F)F)ccc1Cl)CC1CCCC1O. The summed E-state index contributed by atoms with van der Waals surface area (Å²) in [6.07, 6.45) is -2.21. The molecule has 24 heavy (non-hydrogen) atoms. The summed E-state index contributed by atoms with van der Waals surface area (Å²) < 4.78 is 38.2. The van der Waals surface area contributed by atoms with Crippen LogP contribution in [-0.2, 0) is 11.0 Å². The third-order valence-electron chi connectivity index (χ3n) is 4.15. The summed E-state index contributed by atoms with van der Waals surface area (Å²) in [5, 5.41) is 12.3. The van der Waals surface area contributed by atoms with Crippen LogP contribution in [0, 0.1) is 5.92 Å². The third-order valence-corrected chi connectivity index (χ3v) is 4.48. The number of aliphatic hydroxyl groups excluding tert-OH is 1. The number of halogens is 4. The Bertz CT molecular complexity index is 595. The van der Waals surface area contributed by atoms with Crippen LogP contribution >= 0.6 is 11.6 Å². The maximum absolute atomic E-state index is 12.7. The quantitative estimate of drug-likeness (QED) is 0.842. The minimum absolute atomic E-state index is 0.00972. The molecule has 0 aliphatic heterocycles. The highest BCUT2D eigenvalue weighted by Gasteiger charge is 2.31. The van der Waals surface area contributed by atoms with E-state index in [1.807, 2.05) is 0 Å². The summed E-state index contributed by atoms with van der Waals surface area (Å²) in [5.74, 6) is -0.328. The Labute approximate surface area is 143 Å². The Morgan fingerprint density at radius 3 is 2.71 bits per heavy atom. The number of nitrogens with one attached hydrogen (secondary N) is 1. The Balaban J connectivity index is 1.94. The molecule has 8 heteroatoms. The van der Waals surface area contributed by atoms with E-state index in [9.17, 15) is 23.1 Å². The van der Waals surface area contributed by atoms with Gasteiger partial charge in [-0.15, -0.1) is 0 Å². The minimum atomic E-state index is -4.50. The van der Waals surface area contributed by atoms with Crippen LogP contribution < -0.4 is 5.32 Å². The zero-order chi connectivity index (χ0) is 17.9. The maximum atomic E-state index is 12.7. The van der Waals surface area contributed by atoms with Crippen LogP contribution in [0.25, 0.3) is 0 Å². The first-order valence-electron chi connectivity index (χ1n) is 7.70. The van der Waals surface area contributed by atoms with Crippen molar-refractivity contribution in [1.29, 1.82) is 0 Å². The van der Waals surface area contributed by atoms with Crippen LogP contribution in [0.4, 0.5) is 18.9 Å². The number of amides is 1. The molecular formula is C16H20ClF3N2O2. The normalized spacial score (nSPS) is 21.3. The number of aliphatic hydroxyl groups is 1. The van der Waals surface area contributed by atoms with Crippen molar-refractivity contribution in [3.63, 3.8) is 0 Å². The zero-order valence-electron chi connectivity index (χ0n) is 13.2. The number of carbonyl (C=O) groups excluding carboxylic acids is 1. The highest BCUT2D eigenvalue weighted by Crippen LogP contribution is 2.33. The molecule has 1 amide bonds. The molecule has 2 unspecified atom stereocenters. The van der Waals surface area contributed by atoms with Crippen molar-refractivity contribution < 1.29 is 23.1 Å². The van der Waals surface area contributed by atoms with Gasteiger partial charge in [-0.2, -0.15) is 13.2 Å². The topological polar surface area (TPSA) is 52.6 Å². The van der Waals surface area contributed by atoms with Crippen LogP contribution in [0.5, 0.6) is 0 Å². The predicted octanol–water partition coefficient (Wildman–Crippen LogP) is 3.39. The number of rotatable bonds is 5. The van der Waals surface area contributed by atoms with Crippen molar-refractivity contribution in [2.45, 2.75) is 31.5 Å². The first-order valence-corrected chi connectivity index (χ1v) is 8.08. The molecule has 0 saturated heterocycles. The molecule has 1 aromatic rings. The van der Waals surface area contributed by atoms with Gasteiger partial charge >= 0.3 is 6.18 Å². The van der Waals surface area contributed by atoms with Crippen molar-refractivity contribution in [3.8, 4) is 0 Å². The molecule has 2 N–H and O–H groups in total. The lowest BCUT2D eigenvalue weighted by Gasteiger charge is -2.22. The van der Waals surface area contributed by atoms with Gasteiger partial charge in [-0.25, -0.2) is 0 Å². The van der Waals surface area contributed by atoms with E-state index in [-0.39, 0.29) is 29.3 Å². The van der Waals surface area contributed by atoms with Gasteiger partial charge in [-0.05, 0) is 44.0 Å². The number of carbonyl (C=O) groups is 1. The monoisotopic (exact) mass is 364 g/mol. The van der Waals surface area contributed by atoms with Crippen molar-refractivity contribution in [3.05, 3.63) is 28.8 Å². The van der Waals surface area contributed by atoms with Gasteiger partial charge in [0, 0.05) is 6.54 Å². The molecule has 0 spiro atoms. The lowest BCUT2D eigenvalue weighted by Crippen LogP contribution is -2.35. The number of hydrogen-bond donors (Lipinski definition) is 2. The van der Waals surface area contributed by atoms with Crippen LogP contribution in [-0.4, -0.2) is 42.2 Å². The van der Waals surface area contributed by atoms with Gasteiger partial charge in [0.05, 0.1) is 28.9 Å². The smallest absolute Gasteiger partial charge is 0.393 e. The molecule has 0 radical (unpaired) electrons. The molecule has 2 rings (SSSR count). The molecule has 0 heterocycles. The highest BCUT2D eigenvalue weighted by atomic mass is 35.5. The van der Waals surface area contributed by atoms with Gasteiger partial charge in [0.25, 0.3) is 0 Å². The molecule has 2 atom stereocenters. The lowest BCUT2D eigenvalue weighted by molar-refractivity contribution is -0.137. The molecular weight excluding hydrogens is 345 g/mol. The Morgan fingerprint density at radius 1 is 1.42 bits per heavy atom. The highest BCUT2D eigenvalue weighted by molar-refractivity contribution is 6.33. The van der Waals surface area contributed by atoms with Crippen LogP contribution in [0.3, 0.4) is 0 Å². The fraction of sp³-hybridized carbons (Fsp3) is 0.562. The van der Waals surface area contributed by atoms with Crippen LogP contribution in [0.1, 0.15) is 24.8 Å². The number of benzene rings is 1. The molecule has 1 aliphatic rings. The van der Waals surface area contributed by atoms with E-state index in [0.717, 1.165) is 37.5 Å². The summed E-state index contributed by atoms with van der Waals surface area (Å²) >= 11 is 5.85. The Kier molecular flexibility index (Phi) is 6.11. The van der Waals surface area contributed by atoms with Crippen molar-refractivity contribution >= 4 is 23.2 Å². The summed E-state index contributed by atoms with van der Waals surface area (Å²) in [4.78, 5) is 13.8. The molecule has 1 saturated carbocycles. The molecule has 0 bridgehead atoms. The number of alkyl halides is 3. The largest absolute Gasteiger partial charge is 0.416 e. The second-order valence-corrected chi connectivity index (χ2v) is 6.60. The molecule has 134 valence electrons.